The van der Waals surface area contributed by atoms with Gasteiger partial charge in [-0.05, 0) is 30.7 Å². The van der Waals surface area contributed by atoms with Crippen molar-refractivity contribution >= 4 is 31.5 Å². The van der Waals surface area contributed by atoms with Gasteiger partial charge in [-0.25, -0.2) is 16.8 Å². The van der Waals surface area contributed by atoms with Crippen molar-refractivity contribution in [3.8, 4) is 0 Å². The largest absolute Gasteiger partial charge is 0.244 e. The normalized spacial score (nSPS) is 19.5. The number of sulfonamides is 1. The van der Waals surface area contributed by atoms with Gasteiger partial charge in [0.2, 0.25) is 10.0 Å². The van der Waals surface area contributed by atoms with E-state index in [2.05, 4.69) is 0 Å². The molecule has 1 heterocycles. The zero-order valence-electron chi connectivity index (χ0n) is 12.7. The van der Waals surface area contributed by atoms with Gasteiger partial charge in [-0.1, -0.05) is 41.9 Å². The van der Waals surface area contributed by atoms with Crippen LogP contribution in [0.1, 0.15) is 6.42 Å². The highest BCUT2D eigenvalue weighted by atomic mass is 35.5. The molecule has 3 rings (SSSR count). The smallest absolute Gasteiger partial charge is 0.223 e. The summed E-state index contributed by atoms with van der Waals surface area (Å²) in [4.78, 5) is 0.219. The lowest BCUT2D eigenvalue weighted by Crippen LogP contribution is -2.32. The number of halogens is 1. The summed E-state index contributed by atoms with van der Waals surface area (Å²) in [5.41, 5.74) is 0. The van der Waals surface area contributed by atoms with Gasteiger partial charge in [0.1, 0.15) is 4.90 Å². The minimum atomic E-state index is -3.81. The van der Waals surface area contributed by atoms with E-state index in [-0.39, 0.29) is 34.3 Å². The van der Waals surface area contributed by atoms with Crippen LogP contribution in [-0.4, -0.2) is 39.5 Å². The van der Waals surface area contributed by atoms with Crippen molar-refractivity contribution in [3.05, 3.63) is 59.6 Å². The first-order chi connectivity index (χ1) is 11.3. The Morgan fingerprint density at radius 3 is 2.21 bits per heavy atom. The molecule has 0 N–H and O–H groups in total. The van der Waals surface area contributed by atoms with Gasteiger partial charge in [0.15, 0.2) is 9.84 Å². The molecule has 0 aliphatic carbocycles. The zero-order valence-corrected chi connectivity index (χ0v) is 15.1. The van der Waals surface area contributed by atoms with Crippen LogP contribution < -0.4 is 0 Å². The highest BCUT2D eigenvalue weighted by Crippen LogP contribution is 2.30. The average molecular weight is 386 g/mol. The summed E-state index contributed by atoms with van der Waals surface area (Å²) < 4.78 is 51.9. The number of nitrogens with zero attached hydrogens (tertiary/aromatic N) is 1. The fourth-order valence-electron chi connectivity index (χ4n) is 2.76. The van der Waals surface area contributed by atoms with Crippen LogP contribution >= 0.6 is 11.6 Å². The third-order valence-corrected chi connectivity index (χ3v) is 8.63. The van der Waals surface area contributed by atoms with Gasteiger partial charge >= 0.3 is 0 Å². The molecule has 0 amide bonds. The Morgan fingerprint density at radius 2 is 1.54 bits per heavy atom. The van der Waals surface area contributed by atoms with E-state index in [0.29, 0.717) is 0 Å². The molecule has 0 aromatic heterocycles. The number of benzene rings is 2. The molecule has 24 heavy (non-hydrogen) atoms. The Bertz CT molecular complexity index is 943. The number of hydrogen-bond acceptors (Lipinski definition) is 4. The molecular weight excluding hydrogens is 370 g/mol. The molecule has 5 nitrogen and oxygen atoms in total. The van der Waals surface area contributed by atoms with Crippen molar-refractivity contribution in [3.63, 3.8) is 0 Å². The molecule has 1 saturated heterocycles. The first kappa shape index (κ1) is 17.4. The molecule has 8 heteroatoms. The maximum Gasteiger partial charge on any atom is 0.244 e. The van der Waals surface area contributed by atoms with Crippen LogP contribution in [0.15, 0.2) is 64.4 Å². The highest BCUT2D eigenvalue weighted by molar-refractivity contribution is 7.92. The average Bonchev–Trinajstić information content (AvgIpc) is 3.07. The molecule has 0 spiro atoms. The Balaban J connectivity index is 1.87. The molecule has 0 bridgehead atoms. The zero-order chi connectivity index (χ0) is 17.4. The first-order valence-corrected chi connectivity index (χ1v) is 10.7. The van der Waals surface area contributed by atoms with Crippen LogP contribution in [-0.2, 0) is 19.9 Å². The fraction of sp³-hybridized carbons (Fsp3) is 0.250. The molecule has 1 atom stereocenters. The van der Waals surface area contributed by atoms with E-state index in [9.17, 15) is 16.8 Å². The molecule has 2 aromatic rings. The summed E-state index contributed by atoms with van der Waals surface area (Å²) in [5.74, 6) is 0. The minimum absolute atomic E-state index is 0.00410. The van der Waals surface area contributed by atoms with Crippen LogP contribution in [0.5, 0.6) is 0 Å². The van der Waals surface area contributed by atoms with E-state index >= 15 is 0 Å². The maximum atomic E-state index is 12.7. The molecule has 1 aliphatic rings. The quantitative estimate of drug-likeness (QED) is 0.810. The van der Waals surface area contributed by atoms with Crippen molar-refractivity contribution in [1.29, 1.82) is 0 Å². The van der Waals surface area contributed by atoms with Crippen molar-refractivity contribution in [2.45, 2.75) is 21.5 Å². The van der Waals surface area contributed by atoms with E-state index in [1.165, 1.54) is 28.6 Å². The first-order valence-electron chi connectivity index (χ1n) is 7.37. The topological polar surface area (TPSA) is 71.5 Å². The Hall–Kier alpha value is -1.41. The van der Waals surface area contributed by atoms with Gasteiger partial charge in [-0.15, -0.1) is 0 Å². The van der Waals surface area contributed by atoms with Gasteiger partial charge in [-0.3, -0.25) is 0 Å². The molecule has 1 fully saturated rings. The summed E-state index contributed by atoms with van der Waals surface area (Å²) in [6.07, 6.45) is 0.265. The second-order valence-electron chi connectivity index (χ2n) is 5.56. The molecule has 1 aliphatic heterocycles. The number of rotatable bonds is 4. The van der Waals surface area contributed by atoms with Gasteiger partial charge in [-0.2, -0.15) is 4.31 Å². The molecule has 128 valence electrons. The second kappa shape index (κ2) is 6.48. The van der Waals surface area contributed by atoms with Gasteiger partial charge < -0.3 is 0 Å². The number of hydrogen-bond donors (Lipinski definition) is 0. The molecule has 2 aromatic carbocycles. The van der Waals surface area contributed by atoms with Crippen molar-refractivity contribution in [2.24, 2.45) is 0 Å². The standard InChI is InChI=1S/C16H16ClNO4S2/c17-15-8-4-5-9-16(15)24(21,22)18-11-10-14(12-18)23(19,20)13-6-2-1-3-7-13/h1-9,14H,10-12H2. The van der Waals surface area contributed by atoms with Crippen LogP contribution in [0.4, 0.5) is 0 Å². The highest BCUT2D eigenvalue weighted by Gasteiger charge is 2.39. The van der Waals surface area contributed by atoms with Gasteiger partial charge in [0.25, 0.3) is 0 Å². The summed E-state index contributed by atoms with van der Waals surface area (Å²) in [7, 11) is -7.37. The predicted octanol–water partition coefficient (Wildman–Crippen LogP) is 2.58. The van der Waals surface area contributed by atoms with Crippen molar-refractivity contribution in [2.75, 3.05) is 13.1 Å². The summed E-state index contributed by atoms with van der Waals surface area (Å²) in [6.45, 7) is 0.0923. The fourth-order valence-corrected chi connectivity index (χ4v) is 6.57. The minimum Gasteiger partial charge on any atom is -0.223 e. The van der Waals surface area contributed by atoms with E-state index in [4.69, 9.17) is 11.6 Å². The lowest BCUT2D eigenvalue weighted by Gasteiger charge is -2.17. The second-order valence-corrected chi connectivity index (χ2v) is 10.1. The van der Waals surface area contributed by atoms with E-state index in [1.807, 2.05) is 0 Å². The SMILES string of the molecule is O=S(=O)(c1ccccc1)C1CCN(S(=O)(=O)c2ccccc2Cl)C1. The van der Waals surface area contributed by atoms with E-state index in [1.54, 1.807) is 30.3 Å². The number of sulfone groups is 1. The van der Waals surface area contributed by atoms with Gasteiger partial charge in [0.05, 0.1) is 15.2 Å². The Kier molecular flexibility index (Phi) is 4.70. The summed E-state index contributed by atoms with van der Waals surface area (Å²) >= 11 is 5.99. The van der Waals surface area contributed by atoms with E-state index < -0.39 is 25.1 Å². The summed E-state index contributed by atoms with van der Waals surface area (Å²) in [5, 5.41) is -0.621. The van der Waals surface area contributed by atoms with Crippen LogP contribution in [0.2, 0.25) is 5.02 Å². The van der Waals surface area contributed by atoms with E-state index in [0.717, 1.165) is 0 Å². The molecule has 0 radical (unpaired) electrons. The predicted molar refractivity (Wildman–Crippen MR) is 92.2 cm³/mol. The Morgan fingerprint density at radius 1 is 0.917 bits per heavy atom. The molecular formula is C16H16ClNO4S2. The molecule has 0 saturated carbocycles. The van der Waals surface area contributed by atoms with Gasteiger partial charge in [0, 0.05) is 13.1 Å². The van der Waals surface area contributed by atoms with Crippen LogP contribution in [0.3, 0.4) is 0 Å². The third kappa shape index (κ3) is 3.09. The van der Waals surface area contributed by atoms with Crippen LogP contribution in [0.25, 0.3) is 0 Å². The monoisotopic (exact) mass is 385 g/mol. The summed E-state index contributed by atoms with van der Waals surface area (Å²) in [6, 6.07) is 14.3. The lowest BCUT2D eigenvalue weighted by atomic mass is 10.4. The third-order valence-electron chi connectivity index (χ3n) is 4.07. The Labute approximate surface area is 146 Å². The van der Waals surface area contributed by atoms with Crippen molar-refractivity contribution in [1.82, 2.24) is 4.31 Å². The lowest BCUT2D eigenvalue weighted by molar-refractivity contribution is 0.476. The molecule has 1 unspecified atom stereocenters. The van der Waals surface area contributed by atoms with Crippen LogP contribution in [0, 0.1) is 0 Å². The van der Waals surface area contributed by atoms with Crippen molar-refractivity contribution < 1.29 is 16.8 Å². The maximum absolute atomic E-state index is 12.7.